The third-order valence-electron chi connectivity index (χ3n) is 3.75. The molecule has 1 aromatic rings. The molecule has 0 aliphatic carbocycles. The number of nitrogens with one attached hydrogen (secondary N) is 1. The van der Waals surface area contributed by atoms with E-state index in [0.29, 0.717) is 12.3 Å². The molecule has 0 saturated carbocycles. The summed E-state index contributed by atoms with van der Waals surface area (Å²) in [6.07, 6.45) is 1.72. The maximum Gasteiger partial charge on any atom is 0.221 e. The summed E-state index contributed by atoms with van der Waals surface area (Å²) in [5.74, 6) is 1.14. The molecule has 1 atom stereocenters. The van der Waals surface area contributed by atoms with Crippen molar-refractivity contribution < 1.29 is 4.79 Å². The van der Waals surface area contributed by atoms with Crippen LogP contribution in [0.3, 0.4) is 0 Å². The van der Waals surface area contributed by atoms with Crippen LogP contribution < -0.4 is 5.32 Å². The van der Waals surface area contributed by atoms with Crippen LogP contribution in [0.25, 0.3) is 0 Å². The van der Waals surface area contributed by atoms with Crippen molar-refractivity contribution in [2.45, 2.75) is 52.0 Å². The summed E-state index contributed by atoms with van der Waals surface area (Å²) < 4.78 is 0. The van der Waals surface area contributed by atoms with Gasteiger partial charge in [0.05, 0.1) is 0 Å². The lowest BCUT2D eigenvalue weighted by Crippen LogP contribution is -2.38. The Morgan fingerprint density at radius 3 is 2.33 bits per heavy atom. The van der Waals surface area contributed by atoms with Crippen LogP contribution in [0.4, 0.5) is 0 Å². The number of carbonyl (C=O) groups is 1. The molecule has 2 nitrogen and oxygen atoms in total. The van der Waals surface area contributed by atoms with Crippen LogP contribution in [-0.4, -0.2) is 11.4 Å². The topological polar surface area (TPSA) is 29.1 Å². The zero-order valence-corrected chi connectivity index (χ0v) is 11.8. The van der Waals surface area contributed by atoms with Crippen molar-refractivity contribution in [3.63, 3.8) is 0 Å². The molecule has 1 aliphatic heterocycles. The van der Waals surface area contributed by atoms with E-state index in [0.717, 1.165) is 6.42 Å². The molecule has 2 rings (SSSR count). The van der Waals surface area contributed by atoms with Gasteiger partial charge in [0.15, 0.2) is 0 Å². The molecule has 1 heterocycles. The molecule has 1 fully saturated rings. The molecule has 0 aromatic heterocycles. The van der Waals surface area contributed by atoms with Crippen molar-refractivity contribution in [1.82, 2.24) is 5.32 Å². The Balaban J connectivity index is 2.17. The van der Waals surface area contributed by atoms with Crippen molar-refractivity contribution in [3.05, 3.63) is 35.4 Å². The minimum absolute atomic E-state index is 0.128. The lowest BCUT2D eigenvalue weighted by molar-refractivity contribution is -0.119. The second-order valence-corrected chi connectivity index (χ2v) is 6.37. The number of amides is 1. The maximum atomic E-state index is 11.5. The fourth-order valence-electron chi connectivity index (χ4n) is 2.83. The molecule has 1 N–H and O–H groups in total. The van der Waals surface area contributed by atoms with Gasteiger partial charge in [-0.1, -0.05) is 38.1 Å². The van der Waals surface area contributed by atoms with Crippen LogP contribution in [0, 0.1) is 5.92 Å². The van der Waals surface area contributed by atoms with Crippen LogP contribution in [0.5, 0.6) is 0 Å². The van der Waals surface area contributed by atoms with Gasteiger partial charge in [-0.3, -0.25) is 4.79 Å². The number of hydrogen-bond acceptors (Lipinski definition) is 1. The Morgan fingerprint density at radius 1 is 1.28 bits per heavy atom. The minimum atomic E-state index is -0.128. The largest absolute Gasteiger partial charge is 0.351 e. The smallest absolute Gasteiger partial charge is 0.221 e. The van der Waals surface area contributed by atoms with E-state index in [-0.39, 0.29) is 17.4 Å². The number of benzene rings is 1. The highest BCUT2D eigenvalue weighted by molar-refractivity contribution is 5.81. The van der Waals surface area contributed by atoms with E-state index < -0.39 is 0 Å². The summed E-state index contributed by atoms with van der Waals surface area (Å²) in [7, 11) is 0. The van der Waals surface area contributed by atoms with Crippen LogP contribution >= 0.6 is 0 Å². The second kappa shape index (κ2) is 4.75. The quantitative estimate of drug-likeness (QED) is 0.870. The highest BCUT2D eigenvalue weighted by atomic mass is 16.2. The molecule has 0 spiro atoms. The SMILES string of the molecule is CC(C)Cc1ccc(C2CC(=O)NC2(C)C)cc1. The van der Waals surface area contributed by atoms with Crippen molar-refractivity contribution in [2.24, 2.45) is 5.92 Å². The van der Waals surface area contributed by atoms with Gasteiger partial charge in [0, 0.05) is 17.9 Å². The average molecular weight is 245 g/mol. The van der Waals surface area contributed by atoms with E-state index in [2.05, 4.69) is 57.3 Å². The first-order valence-electron chi connectivity index (χ1n) is 6.78. The molecule has 1 saturated heterocycles. The van der Waals surface area contributed by atoms with Crippen LogP contribution in [0.15, 0.2) is 24.3 Å². The van der Waals surface area contributed by atoms with Crippen molar-refractivity contribution in [3.8, 4) is 0 Å². The Morgan fingerprint density at radius 2 is 1.89 bits per heavy atom. The monoisotopic (exact) mass is 245 g/mol. The predicted octanol–water partition coefficient (Wildman–Crippen LogP) is 3.27. The Hall–Kier alpha value is -1.31. The lowest BCUT2D eigenvalue weighted by Gasteiger charge is -2.26. The van der Waals surface area contributed by atoms with E-state index in [1.165, 1.54) is 11.1 Å². The molecule has 1 unspecified atom stereocenters. The predicted molar refractivity (Wildman–Crippen MR) is 74.6 cm³/mol. The summed E-state index contributed by atoms with van der Waals surface area (Å²) in [6, 6.07) is 8.78. The van der Waals surface area contributed by atoms with Crippen molar-refractivity contribution >= 4 is 5.91 Å². The number of rotatable bonds is 3. The highest BCUT2D eigenvalue weighted by Crippen LogP contribution is 2.36. The minimum Gasteiger partial charge on any atom is -0.351 e. The van der Waals surface area contributed by atoms with Gasteiger partial charge >= 0.3 is 0 Å². The first kappa shape index (κ1) is 13.1. The zero-order chi connectivity index (χ0) is 13.3. The van der Waals surface area contributed by atoms with E-state index in [1.54, 1.807) is 0 Å². The normalized spacial score (nSPS) is 22.3. The van der Waals surface area contributed by atoms with Crippen molar-refractivity contribution in [1.29, 1.82) is 0 Å². The van der Waals surface area contributed by atoms with Gasteiger partial charge in [0.1, 0.15) is 0 Å². The molecule has 18 heavy (non-hydrogen) atoms. The molecule has 1 aromatic carbocycles. The highest BCUT2D eigenvalue weighted by Gasteiger charge is 2.39. The van der Waals surface area contributed by atoms with E-state index in [4.69, 9.17) is 0 Å². The van der Waals surface area contributed by atoms with E-state index in [9.17, 15) is 4.79 Å². The Bertz CT molecular complexity index is 431. The van der Waals surface area contributed by atoms with Crippen LogP contribution in [0.1, 0.15) is 51.2 Å². The maximum absolute atomic E-state index is 11.5. The summed E-state index contributed by atoms with van der Waals surface area (Å²) >= 11 is 0. The third-order valence-corrected chi connectivity index (χ3v) is 3.75. The lowest BCUT2D eigenvalue weighted by atomic mass is 9.83. The van der Waals surface area contributed by atoms with Gasteiger partial charge in [-0.15, -0.1) is 0 Å². The number of hydrogen-bond donors (Lipinski definition) is 1. The summed E-state index contributed by atoms with van der Waals surface area (Å²) in [5, 5.41) is 3.05. The molecular weight excluding hydrogens is 222 g/mol. The average Bonchev–Trinajstić information content (AvgIpc) is 2.52. The Labute approximate surface area is 110 Å². The van der Waals surface area contributed by atoms with Gasteiger partial charge in [-0.05, 0) is 37.3 Å². The van der Waals surface area contributed by atoms with Gasteiger partial charge < -0.3 is 5.32 Å². The zero-order valence-electron chi connectivity index (χ0n) is 11.8. The van der Waals surface area contributed by atoms with Crippen molar-refractivity contribution in [2.75, 3.05) is 0 Å². The third kappa shape index (κ3) is 2.74. The molecule has 1 amide bonds. The van der Waals surface area contributed by atoms with E-state index >= 15 is 0 Å². The number of carbonyl (C=O) groups excluding carboxylic acids is 1. The van der Waals surface area contributed by atoms with Gasteiger partial charge in [0.2, 0.25) is 5.91 Å². The summed E-state index contributed by atoms with van der Waals surface area (Å²) in [6.45, 7) is 8.67. The molecule has 0 bridgehead atoms. The molecule has 98 valence electrons. The molecular formula is C16H23NO. The van der Waals surface area contributed by atoms with Crippen LogP contribution in [0.2, 0.25) is 0 Å². The summed E-state index contributed by atoms with van der Waals surface area (Å²) in [4.78, 5) is 11.5. The molecule has 0 radical (unpaired) electrons. The Kier molecular flexibility index (Phi) is 3.47. The van der Waals surface area contributed by atoms with Crippen LogP contribution in [-0.2, 0) is 11.2 Å². The standard InChI is InChI=1S/C16H23NO/c1-11(2)9-12-5-7-13(8-6-12)14-10-15(18)17-16(14,3)4/h5-8,11,14H,9-10H2,1-4H3,(H,17,18). The molecule has 2 heteroatoms. The fourth-order valence-corrected chi connectivity index (χ4v) is 2.83. The summed E-state index contributed by atoms with van der Waals surface area (Å²) in [5.41, 5.74) is 2.52. The first-order valence-corrected chi connectivity index (χ1v) is 6.78. The fraction of sp³-hybridized carbons (Fsp3) is 0.562. The first-order chi connectivity index (χ1) is 8.38. The van der Waals surface area contributed by atoms with E-state index in [1.807, 2.05) is 0 Å². The van der Waals surface area contributed by atoms with Gasteiger partial charge in [-0.2, -0.15) is 0 Å². The molecule has 1 aliphatic rings. The second-order valence-electron chi connectivity index (χ2n) is 6.37. The van der Waals surface area contributed by atoms with Gasteiger partial charge in [0.25, 0.3) is 0 Å². The van der Waals surface area contributed by atoms with Gasteiger partial charge in [-0.25, -0.2) is 0 Å².